The zero-order chi connectivity index (χ0) is 17.9. The molecule has 0 aromatic heterocycles. The molecule has 4 rings (SSSR count). The molecule has 2 atom stereocenters. The summed E-state index contributed by atoms with van der Waals surface area (Å²) < 4.78 is 11.2. The third-order valence-corrected chi connectivity index (χ3v) is 6.19. The van der Waals surface area contributed by atoms with Gasteiger partial charge in [0.25, 0.3) is 0 Å². The van der Waals surface area contributed by atoms with Crippen LogP contribution in [0.25, 0.3) is 0 Å². The fourth-order valence-electron chi connectivity index (χ4n) is 4.69. The van der Waals surface area contributed by atoms with E-state index in [0.29, 0.717) is 25.0 Å². The minimum Gasteiger partial charge on any atom is -0.493 e. The molecule has 5 nitrogen and oxygen atoms in total. The van der Waals surface area contributed by atoms with E-state index in [1.54, 1.807) is 0 Å². The summed E-state index contributed by atoms with van der Waals surface area (Å²) in [5, 5.41) is 0. The molecule has 3 aliphatic heterocycles. The lowest BCUT2D eigenvalue weighted by atomic mass is 9.89. The van der Waals surface area contributed by atoms with E-state index in [9.17, 15) is 4.79 Å². The van der Waals surface area contributed by atoms with Gasteiger partial charge in [-0.3, -0.25) is 9.69 Å². The lowest BCUT2D eigenvalue weighted by Crippen LogP contribution is -2.57. The van der Waals surface area contributed by atoms with Crippen LogP contribution in [0.15, 0.2) is 24.3 Å². The number of piperazine rings is 1. The van der Waals surface area contributed by atoms with Crippen LogP contribution in [0.4, 0.5) is 0 Å². The highest BCUT2D eigenvalue weighted by Gasteiger charge is 2.33. The fourth-order valence-corrected chi connectivity index (χ4v) is 4.69. The lowest BCUT2D eigenvalue weighted by Gasteiger charge is -2.44. The summed E-state index contributed by atoms with van der Waals surface area (Å²) >= 11 is 0. The molecular weight excluding hydrogens is 328 g/mol. The third kappa shape index (κ3) is 3.74. The summed E-state index contributed by atoms with van der Waals surface area (Å²) in [5.41, 5.74) is 1.19. The van der Waals surface area contributed by atoms with Crippen LogP contribution in [0.5, 0.6) is 5.75 Å². The minimum atomic E-state index is 0.285. The van der Waals surface area contributed by atoms with E-state index in [-0.39, 0.29) is 12.0 Å². The Morgan fingerprint density at radius 2 is 1.92 bits per heavy atom. The van der Waals surface area contributed by atoms with Gasteiger partial charge < -0.3 is 14.4 Å². The average molecular weight is 358 g/mol. The largest absolute Gasteiger partial charge is 0.493 e. The molecule has 1 unspecified atom stereocenters. The van der Waals surface area contributed by atoms with Gasteiger partial charge in [-0.15, -0.1) is 0 Å². The van der Waals surface area contributed by atoms with Crippen molar-refractivity contribution in [3.8, 4) is 5.75 Å². The number of hydrogen-bond acceptors (Lipinski definition) is 4. The number of benzene rings is 1. The van der Waals surface area contributed by atoms with Gasteiger partial charge in [0.15, 0.2) is 0 Å². The van der Waals surface area contributed by atoms with Crippen molar-refractivity contribution in [2.24, 2.45) is 0 Å². The zero-order valence-corrected chi connectivity index (χ0v) is 15.7. The van der Waals surface area contributed by atoms with Crippen molar-refractivity contribution in [3.63, 3.8) is 0 Å². The summed E-state index contributed by atoms with van der Waals surface area (Å²) in [6.07, 6.45) is 3.78. The zero-order valence-electron chi connectivity index (χ0n) is 15.7. The molecule has 0 spiro atoms. The minimum absolute atomic E-state index is 0.285. The first-order chi connectivity index (χ1) is 12.7. The second-order valence-electron chi connectivity index (χ2n) is 7.85. The van der Waals surface area contributed by atoms with E-state index in [4.69, 9.17) is 9.47 Å². The highest BCUT2D eigenvalue weighted by Crippen LogP contribution is 2.36. The highest BCUT2D eigenvalue weighted by molar-refractivity contribution is 5.78. The topological polar surface area (TPSA) is 42.0 Å². The molecule has 1 aromatic carbocycles. The summed E-state index contributed by atoms with van der Waals surface area (Å²) in [7, 11) is 0. The predicted octanol–water partition coefficient (Wildman–Crippen LogP) is 2.65. The monoisotopic (exact) mass is 358 g/mol. The summed E-state index contributed by atoms with van der Waals surface area (Å²) in [4.78, 5) is 17.7. The van der Waals surface area contributed by atoms with Crippen molar-refractivity contribution in [2.75, 3.05) is 39.5 Å². The number of rotatable bonds is 3. The van der Waals surface area contributed by atoms with Crippen LogP contribution in [-0.2, 0) is 9.53 Å². The standard InChI is InChI=1S/C21H30N2O3/c1-16-15-22(18-7-11-25-12-8-18)9-10-23(16)21(24)14-17-6-13-26-20-5-3-2-4-19(17)20/h2-5,16-18H,6-15H2,1H3/t16-,17?/m1/s1. The van der Waals surface area contributed by atoms with Gasteiger partial charge in [-0.05, 0) is 43.7 Å². The van der Waals surface area contributed by atoms with E-state index in [1.807, 2.05) is 18.2 Å². The molecule has 0 N–H and O–H groups in total. The number of carbonyl (C=O) groups excluding carboxylic acids is 1. The number of ether oxygens (including phenoxy) is 2. The van der Waals surface area contributed by atoms with Crippen LogP contribution < -0.4 is 4.74 Å². The molecule has 2 saturated heterocycles. The van der Waals surface area contributed by atoms with Crippen molar-refractivity contribution in [2.45, 2.75) is 50.6 Å². The van der Waals surface area contributed by atoms with Crippen molar-refractivity contribution in [1.29, 1.82) is 0 Å². The number of nitrogens with zero attached hydrogens (tertiary/aromatic N) is 2. The van der Waals surface area contributed by atoms with Gasteiger partial charge >= 0.3 is 0 Å². The number of para-hydroxylation sites is 1. The van der Waals surface area contributed by atoms with Gasteiger partial charge in [-0.1, -0.05) is 18.2 Å². The maximum atomic E-state index is 13.0. The SMILES string of the molecule is C[C@@H]1CN(C2CCOCC2)CCN1C(=O)CC1CCOc2ccccc21. The molecule has 1 aromatic rings. The molecule has 0 aliphatic carbocycles. The first-order valence-corrected chi connectivity index (χ1v) is 10.1. The second-order valence-corrected chi connectivity index (χ2v) is 7.85. The molecule has 2 fully saturated rings. The summed E-state index contributed by atoms with van der Waals surface area (Å²) in [6, 6.07) is 9.08. The van der Waals surface area contributed by atoms with Crippen molar-refractivity contribution in [1.82, 2.24) is 9.80 Å². The van der Waals surface area contributed by atoms with Gasteiger partial charge in [0.1, 0.15) is 5.75 Å². The quantitative estimate of drug-likeness (QED) is 0.833. The van der Waals surface area contributed by atoms with E-state index in [1.165, 1.54) is 5.56 Å². The molecule has 142 valence electrons. The molecule has 0 bridgehead atoms. The molecular formula is C21H30N2O3. The van der Waals surface area contributed by atoms with Crippen molar-refractivity contribution < 1.29 is 14.3 Å². The number of fused-ring (bicyclic) bond motifs is 1. The Labute approximate surface area is 156 Å². The Morgan fingerprint density at radius 3 is 2.73 bits per heavy atom. The van der Waals surface area contributed by atoms with Crippen LogP contribution in [0.2, 0.25) is 0 Å². The summed E-state index contributed by atoms with van der Waals surface area (Å²) in [5.74, 6) is 1.54. The van der Waals surface area contributed by atoms with Crippen LogP contribution in [0.1, 0.15) is 44.1 Å². The fraction of sp³-hybridized carbons (Fsp3) is 0.667. The lowest BCUT2D eigenvalue weighted by molar-refractivity contribution is -0.137. The Kier molecular flexibility index (Phi) is 5.46. The smallest absolute Gasteiger partial charge is 0.223 e. The second kappa shape index (κ2) is 7.97. The van der Waals surface area contributed by atoms with Crippen molar-refractivity contribution >= 4 is 5.91 Å². The summed E-state index contributed by atoms with van der Waals surface area (Å²) in [6.45, 7) is 7.49. The molecule has 26 heavy (non-hydrogen) atoms. The van der Waals surface area contributed by atoms with E-state index in [2.05, 4.69) is 22.8 Å². The maximum absolute atomic E-state index is 13.0. The van der Waals surface area contributed by atoms with E-state index < -0.39 is 0 Å². The van der Waals surface area contributed by atoms with Gasteiger partial charge in [0, 0.05) is 51.4 Å². The first-order valence-electron chi connectivity index (χ1n) is 10.1. The normalized spacial score (nSPS) is 27.7. The van der Waals surface area contributed by atoms with Crippen LogP contribution in [0.3, 0.4) is 0 Å². The maximum Gasteiger partial charge on any atom is 0.223 e. The molecule has 3 heterocycles. The van der Waals surface area contributed by atoms with E-state index in [0.717, 1.165) is 57.9 Å². The Hall–Kier alpha value is -1.59. The Bertz CT molecular complexity index is 629. The van der Waals surface area contributed by atoms with Gasteiger partial charge in [0.2, 0.25) is 5.91 Å². The number of amides is 1. The van der Waals surface area contributed by atoms with E-state index >= 15 is 0 Å². The Morgan fingerprint density at radius 1 is 1.12 bits per heavy atom. The van der Waals surface area contributed by atoms with Gasteiger partial charge in [-0.25, -0.2) is 0 Å². The number of carbonyl (C=O) groups is 1. The molecule has 5 heteroatoms. The number of hydrogen-bond donors (Lipinski definition) is 0. The highest BCUT2D eigenvalue weighted by atomic mass is 16.5. The van der Waals surface area contributed by atoms with Crippen LogP contribution >= 0.6 is 0 Å². The molecule has 3 aliphatic rings. The average Bonchev–Trinajstić information content (AvgIpc) is 2.69. The van der Waals surface area contributed by atoms with Crippen LogP contribution in [0, 0.1) is 0 Å². The van der Waals surface area contributed by atoms with Crippen LogP contribution in [-0.4, -0.2) is 67.2 Å². The van der Waals surface area contributed by atoms with Gasteiger partial charge in [0.05, 0.1) is 6.61 Å². The predicted molar refractivity (Wildman–Crippen MR) is 101 cm³/mol. The first kappa shape index (κ1) is 17.8. The molecule has 1 amide bonds. The molecule has 0 saturated carbocycles. The Balaban J connectivity index is 1.36. The molecule has 0 radical (unpaired) electrons. The van der Waals surface area contributed by atoms with Gasteiger partial charge in [-0.2, -0.15) is 0 Å². The van der Waals surface area contributed by atoms with Crippen molar-refractivity contribution in [3.05, 3.63) is 29.8 Å². The third-order valence-electron chi connectivity index (χ3n) is 6.19.